The minimum absolute atomic E-state index is 0.443. The molecule has 0 spiro atoms. The Morgan fingerprint density at radius 1 is 1.25 bits per heavy atom. The number of hydrogen-bond acceptors (Lipinski definition) is 2. The van der Waals surface area contributed by atoms with E-state index in [1.165, 1.54) is 0 Å². The molecule has 1 nitrogen and oxygen atoms in total. The molecule has 0 aliphatic heterocycles. The fourth-order valence-electron chi connectivity index (χ4n) is 0.784. The molecule has 0 saturated carbocycles. The number of rotatable bonds is 4. The summed E-state index contributed by atoms with van der Waals surface area (Å²) in [7, 11) is 0. The summed E-state index contributed by atoms with van der Waals surface area (Å²) >= 11 is 0.443. The van der Waals surface area contributed by atoms with E-state index in [4.69, 9.17) is 0 Å². The first-order chi connectivity index (χ1) is 5.79. The van der Waals surface area contributed by atoms with Crippen molar-refractivity contribution in [3.05, 3.63) is 35.9 Å². The Kier molecular flexibility index (Phi) is 4.04. The highest BCUT2D eigenvalue weighted by atomic mass is 32.2. The van der Waals surface area contributed by atoms with E-state index in [1.807, 2.05) is 30.3 Å². The summed E-state index contributed by atoms with van der Waals surface area (Å²) in [5, 5.41) is 0. The zero-order valence-corrected chi connectivity index (χ0v) is 7.15. The molecule has 0 fully saturated rings. The minimum Gasteiger partial charge on any atom is -0.255 e. The molecule has 0 unspecified atom stereocenters. The zero-order chi connectivity index (χ0) is 8.81. The quantitative estimate of drug-likeness (QED) is 0.731. The Labute approximate surface area is 74.3 Å². The van der Waals surface area contributed by atoms with Crippen LogP contribution in [-0.2, 0) is 6.54 Å². The van der Waals surface area contributed by atoms with Gasteiger partial charge in [-0.3, -0.25) is 4.72 Å². The van der Waals surface area contributed by atoms with Crippen LogP contribution < -0.4 is 4.72 Å². The van der Waals surface area contributed by atoms with Gasteiger partial charge in [0.15, 0.2) is 0 Å². The van der Waals surface area contributed by atoms with Crippen molar-refractivity contribution in [1.29, 1.82) is 0 Å². The molecule has 0 heterocycles. The highest BCUT2D eigenvalue weighted by molar-refractivity contribution is 7.97. The number of benzene rings is 1. The lowest BCUT2D eigenvalue weighted by Gasteiger charge is -2.01. The topological polar surface area (TPSA) is 12.0 Å². The van der Waals surface area contributed by atoms with Crippen molar-refractivity contribution in [2.45, 2.75) is 12.3 Å². The van der Waals surface area contributed by atoms with Gasteiger partial charge in [0.1, 0.15) is 0 Å². The molecule has 0 aliphatic carbocycles. The van der Waals surface area contributed by atoms with E-state index in [0.29, 0.717) is 18.5 Å². The van der Waals surface area contributed by atoms with Gasteiger partial charge in [-0.1, -0.05) is 30.3 Å². The maximum atomic E-state index is 11.6. The van der Waals surface area contributed by atoms with Crippen LogP contribution in [0, 0.1) is 0 Å². The van der Waals surface area contributed by atoms with Crippen molar-refractivity contribution in [2.75, 3.05) is 0 Å². The van der Waals surface area contributed by atoms with Crippen molar-refractivity contribution in [1.82, 2.24) is 4.72 Å². The molecule has 0 aliphatic rings. The van der Waals surface area contributed by atoms with Crippen molar-refractivity contribution < 1.29 is 8.78 Å². The first-order valence-corrected chi connectivity index (χ1v) is 4.37. The van der Waals surface area contributed by atoms with E-state index in [-0.39, 0.29) is 0 Å². The van der Waals surface area contributed by atoms with Gasteiger partial charge in [0.2, 0.25) is 0 Å². The maximum Gasteiger partial charge on any atom is 0.297 e. The number of hydrogen-bond donors (Lipinski definition) is 1. The molecule has 4 heteroatoms. The van der Waals surface area contributed by atoms with Gasteiger partial charge >= 0.3 is 0 Å². The summed E-state index contributed by atoms with van der Waals surface area (Å²) in [6.45, 7) is 0.468. The standard InChI is InChI=1S/C8H9F2NS/c9-8(10)12-11-6-7-4-2-1-3-5-7/h1-5,8,11H,6H2. The third kappa shape index (κ3) is 3.69. The first-order valence-electron chi connectivity index (χ1n) is 3.49. The Bertz CT molecular complexity index is 216. The van der Waals surface area contributed by atoms with Crippen LogP contribution in [0.4, 0.5) is 8.78 Å². The lowest BCUT2D eigenvalue weighted by molar-refractivity contribution is 0.251. The molecule has 0 amide bonds. The molecular formula is C8H9F2NS. The van der Waals surface area contributed by atoms with Crippen LogP contribution in [0.25, 0.3) is 0 Å². The van der Waals surface area contributed by atoms with Crippen LogP contribution >= 0.6 is 11.9 Å². The maximum absolute atomic E-state index is 11.6. The molecule has 0 aromatic heterocycles. The Hall–Kier alpha value is -0.610. The van der Waals surface area contributed by atoms with E-state index in [1.54, 1.807) is 0 Å². The second kappa shape index (κ2) is 5.11. The van der Waals surface area contributed by atoms with Crippen molar-refractivity contribution in [2.24, 2.45) is 0 Å². The van der Waals surface area contributed by atoms with Gasteiger partial charge in [-0.25, -0.2) is 0 Å². The SMILES string of the molecule is FC(F)SNCc1ccccc1. The second-order valence-corrected chi connectivity index (χ2v) is 3.07. The predicted molar refractivity (Wildman–Crippen MR) is 46.9 cm³/mol. The number of alkyl halides is 2. The van der Waals surface area contributed by atoms with Crippen molar-refractivity contribution in [3.8, 4) is 0 Å². The van der Waals surface area contributed by atoms with Gasteiger partial charge in [0, 0.05) is 6.54 Å². The second-order valence-electron chi connectivity index (χ2n) is 2.19. The van der Waals surface area contributed by atoms with Gasteiger partial charge in [0.05, 0.1) is 0 Å². The predicted octanol–water partition coefficient (Wildman–Crippen LogP) is 2.65. The zero-order valence-electron chi connectivity index (χ0n) is 6.34. The highest BCUT2D eigenvalue weighted by Gasteiger charge is 2.00. The van der Waals surface area contributed by atoms with Gasteiger partial charge in [-0.15, -0.1) is 0 Å². The lowest BCUT2D eigenvalue weighted by atomic mass is 10.2. The van der Waals surface area contributed by atoms with Crippen LogP contribution in [0.3, 0.4) is 0 Å². The fourth-order valence-corrected chi connectivity index (χ4v) is 1.16. The molecule has 0 saturated heterocycles. The van der Waals surface area contributed by atoms with Gasteiger partial charge < -0.3 is 0 Å². The van der Waals surface area contributed by atoms with Crippen molar-refractivity contribution in [3.63, 3.8) is 0 Å². The van der Waals surface area contributed by atoms with Crippen LogP contribution in [-0.4, -0.2) is 5.76 Å². The van der Waals surface area contributed by atoms with E-state index >= 15 is 0 Å². The minimum atomic E-state index is -2.35. The van der Waals surface area contributed by atoms with Crippen LogP contribution in [0.15, 0.2) is 30.3 Å². The first kappa shape index (κ1) is 9.48. The Balaban J connectivity index is 2.25. The lowest BCUT2D eigenvalue weighted by Crippen LogP contribution is -2.05. The van der Waals surface area contributed by atoms with E-state index < -0.39 is 5.76 Å². The Morgan fingerprint density at radius 2 is 1.92 bits per heavy atom. The van der Waals surface area contributed by atoms with Crippen LogP contribution in [0.1, 0.15) is 5.56 Å². The van der Waals surface area contributed by atoms with E-state index in [9.17, 15) is 8.78 Å². The molecule has 1 aromatic carbocycles. The molecular weight excluding hydrogens is 180 g/mol. The summed E-state index contributed by atoms with van der Waals surface area (Å²) in [5.41, 5.74) is 1.01. The monoisotopic (exact) mass is 189 g/mol. The smallest absolute Gasteiger partial charge is 0.255 e. The molecule has 66 valence electrons. The van der Waals surface area contributed by atoms with Crippen LogP contribution in [0.2, 0.25) is 0 Å². The van der Waals surface area contributed by atoms with E-state index in [0.717, 1.165) is 5.56 Å². The van der Waals surface area contributed by atoms with Crippen molar-refractivity contribution >= 4 is 11.9 Å². The largest absolute Gasteiger partial charge is 0.297 e. The summed E-state index contributed by atoms with van der Waals surface area (Å²) in [5.74, 6) is -2.35. The molecule has 12 heavy (non-hydrogen) atoms. The third-order valence-corrected chi connectivity index (χ3v) is 1.78. The van der Waals surface area contributed by atoms with Crippen LogP contribution in [0.5, 0.6) is 0 Å². The van der Waals surface area contributed by atoms with Gasteiger partial charge in [-0.2, -0.15) is 8.78 Å². The fraction of sp³-hybridized carbons (Fsp3) is 0.250. The Morgan fingerprint density at radius 3 is 2.50 bits per heavy atom. The van der Waals surface area contributed by atoms with E-state index in [2.05, 4.69) is 4.72 Å². The molecule has 0 radical (unpaired) electrons. The molecule has 1 N–H and O–H groups in total. The number of halogens is 2. The molecule has 1 rings (SSSR count). The average Bonchev–Trinajstić information content (AvgIpc) is 2.05. The normalized spacial score (nSPS) is 10.6. The van der Waals surface area contributed by atoms with Gasteiger partial charge in [0.25, 0.3) is 5.76 Å². The summed E-state index contributed by atoms with van der Waals surface area (Å²) in [6, 6.07) is 9.43. The number of nitrogens with one attached hydrogen (secondary N) is 1. The average molecular weight is 189 g/mol. The molecule has 0 bridgehead atoms. The summed E-state index contributed by atoms with van der Waals surface area (Å²) in [4.78, 5) is 0. The molecule has 0 atom stereocenters. The van der Waals surface area contributed by atoms with Gasteiger partial charge in [-0.05, 0) is 17.5 Å². The molecule has 1 aromatic rings. The summed E-state index contributed by atoms with van der Waals surface area (Å²) < 4.78 is 25.8. The third-order valence-electron chi connectivity index (χ3n) is 1.29. The summed E-state index contributed by atoms with van der Waals surface area (Å²) in [6.07, 6.45) is 0. The highest BCUT2D eigenvalue weighted by Crippen LogP contribution is 2.09.